The Morgan fingerprint density at radius 1 is 1.00 bits per heavy atom. The predicted octanol–water partition coefficient (Wildman–Crippen LogP) is 6.78. The Bertz CT molecular complexity index is 1220. The molecule has 8 heteroatoms. The summed E-state index contributed by atoms with van der Waals surface area (Å²) in [5.74, 6) is -1.79. The second-order valence-corrected chi connectivity index (χ2v) is 9.02. The van der Waals surface area contributed by atoms with E-state index >= 15 is 0 Å². The van der Waals surface area contributed by atoms with E-state index in [1.165, 1.54) is 18.2 Å². The zero-order valence-electron chi connectivity index (χ0n) is 19.7. The van der Waals surface area contributed by atoms with Crippen LogP contribution in [0.4, 0.5) is 23.2 Å². The summed E-state index contributed by atoms with van der Waals surface area (Å²) in [6, 6.07) is 17.7. The zero-order valence-corrected chi connectivity index (χ0v) is 19.7. The van der Waals surface area contributed by atoms with Crippen molar-refractivity contribution in [2.24, 2.45) is 5.92 Å². The highest BCUT2D eigenvalue weighted by Gasteiger charge is 2.38. The molecular weight excluding hydrogens is 472 g/mol. The van der Waals surface area contributed by atoms with Crippen LogP contribution < -0.4 is 5.32 Å². The number of hydrogen-bond donors (Lipinski definition) is 1. The average molecular weight is 499 g/mol. The standard InChI is InChI=1S/C28H26F4N2O2/c1-18-8-5-14-23(29)25(18)27(36)34-15-7-11-20(26(34)19-9-3-2-4-10-19)16-24(35)33-22-13-6-12-21(17-22)28(30,31)32/h2-6,8-10,12-14,17,20,26H,7,11,15-16H2,1H3,(H,33,35). The number of carbonyl (C=O) groups excluding carboxylic acids is 2. The Kier molecular flexibility index (Phi) is 7.43. The highest BCUT2D eigenvalue weighted by Crippen LogP contribution is 2.39. The van der Waals surface area contributed by atoms with Crippen LogP contribution in [0.5, 0.6) is 0 Å². The number of benzene rings is 3. The Morgan fingerprint density at radius 2 is 1.72 bits per heavy atom. The number of piperidine rings is 1. The van der Waals surface area contributed by atoms with Crippen LogP contribution in [0.3, 0.4) is 0 Å². The van der Waals surface area contributed by atoms with E-state index in [1.54, 1.807) is 24.0 Å². The first-order chi connectivity index (χ1) is 17.1. The summed E-state index contributed by atoms with van der Waals surface area (Å²) in [6.07, 6.45) is -3.27. The van der Waals surface area contributed by atoms with Crippen LogP contribution in [0.2, 0.25) is 0 Å². The molecule has 3 aromatic carbocycles. The second-order valence-electron chi connectivity index (χ2n) is 9.02. The van der Waals surface area contributed by atoms with E-state index in [9.17, 15) is 27.2 Å². The number of carbonyl (C=O) groups is 2. The molecular formula is C28H26F4N2O2. The van der Waals surface area contributed by atoms with Gasteiger partial charge in [-0.05, 0) is 61.1 Å². The summed E-state index contributed by atoms with van der Waals surface area (Å²) in [4.78, 5) is 28.1. The molecule has 3 aromatic rings. The Labute approximate surface area is 206 Å². The fraction of sp³-hybridized carbons (Fsp3) is 0.286. The van der Waals surface area contributed by atoms with E-state index < -0.39 is 35.4 Å². The Morgan fingerprint density at radius 3 is 2.42 bits per heavy atom. The van der Waals surface area contributed by atoms with Crippen LogP contribution >= 0.6 is 0 Å². The summed E-state index contributed by atoms with van der Waals surface area (Å²) in [6.45, 7) is 2.08. The van der Waals surface area contributed by atoms with Crippen molar-refractivity contribution >= 4 is 17.5 Å². The number of anilines is 1. The number of likely N-dealkylation sites (tertiary alicyclic amines) is 1. The van der Waals surface area contributed by atoms with Crippen LogP contribution in [0.25, 0.3) is 0 Å². The Balaban J connectivity index is 1.60. The minimum absolute atomic E-state index is 0.00413. The molecule has 0 saturated carbocycles. The molecule has 0 bridgehead atoms. The lowest BCUT2D eigenvalue weighted by atomic mass is 9.81. The van der Waals surface area contributed by atoms with Crippen molar-refractivity contribution in [1.29, 1.82) is 0 Å². The minimum atomic E-state index is -4.52. The quantitative estimate of drug-likeness (QED) is 0.395. The van der Waals surface area contributed by atoms with Gasteiger partial charge in [0.2, 0.25) is 5.91 Å². The third-order valence-electron chi connectivity index (χ3n) is 6.52. The average Bonchev–Trinajstić information content (AvgIpc) is 2.84. The summed E-state index contributed by atoms with van der Waals surface area (Å²) in [5.41, 5.74) is 0.550. The van der Waals surface area contributed by atoms with Crippen molar-refractivity contribution in [2.75, 3.05) is 11.9 Å². The van der Waals surface area contributed by atoms with E-state index in [-0.39, 0.29) is 23.6 Å². The van der Waals surface area contributed by atoms with Gasteiger partial charge in [-0.2, -0.15) is 13.2 Å². The van der Waals surface area contributed by atoms with Crippen molar-refractivity contribution in [3.63, 3.8) is 0 Å². The third-order valence-corrected chi connectivity index (χ3v) is 6.52. The van der Waals surface area contributed by atoms with Crippen molar-refractivity contribution < 1.29 is 27.2 Å². The van der Waals surface area contributed by atoms with Gasteiger partial charge in [0.15, 0.2) is 0 Å². The molecule has 188 valence electrons. The number of rotatable bonds is 5. The van der Waals surface area contributed by atoms with Crippen molar-refractivity contribution in [1.82, 2.24) is 4.90 Å². The maximum atomic E-state index is 14.7. The van der Waals surface area contributed by atoms with Crippen LogP contribution in [0.1, 0.15) is 52.4 Å². The number of nitrogens with one attached hydrogen (secondary N) is 1. The van der Waals surface area contributed by atoms with Crippen molar-refractivity contribution in [3.8, 4) is 0 Å². The number of halogens is 4. The molecule has 1 saturated heterocycles. The third kappa shape index (κ3) is 5.58. The Hall–Kier alpha value is -3.68. The summed E-state index contributed by atoms with van der Waals surface area (Å²) < 4.78 is 53.8. The molecule has 4 nitrogen and oxygen atoms in total. The van der Waals surface area contributed by atoms with Gasteiger partial charge in [0.05, 0.1) is 17.2 Å². The highest BCUT2D eigenvalue weighted by molar-refractivity contribution is 5.96. The van der Waals surface area contributed by atoms with E-state index in [2.05, 4.69) is 5.32 Å². The molecule has 1 heterocycles. The number of alkyl halides is 3. The second kappa shape index (κ2) is 10.5. The molecule has 2 atom stereocenters. The van der Waals surface area contributed by atoms with Gasteiger partial charge in [-0.25, -0.2) is 4.39 Å². The van der Waals surface area contributed by atoms with Crippen LogP contribution in [-0.4, -0.2) is 23.3 Å². The van der Waals surface area contributed by atoms with Gasteiger partial charge in [-0.15, -0.1) is 0 Å². The van der Waals surface area contributed by atoms with Gasteiger partial charge in [-0.3, -0.25) is 9.59 Å². The first-order valence-corrected chi connectivity index (χ1v) is 11.7. The van der Waals surface area contributed by atoms with Gasteiger partial charge >= 0.3 is 6.18 Å². The SMILES string of the molecule is Cc1cccc(F)c1C(=O)N1CCCC(CC(=O)Nc2cccc(C(F)(F)F)c2)C1c1ccccc1. The topological polar surface area (TPSA) is 49.4 Å². The number of nitrogens with zero attached hydrogens (tertiary/aromatic N) is 1. The van der Waals surface area contributed by atoms with Crippen LogP contribution in [0.15, 0.2) is 72.8 Å². The fourth-order valence-corrected chi connectivity index (χ4v) is 4.89. The predicted molar refractivity (Wildman–Crippen MR) is 129 cm³/mol. The number of aryl methyl sites for hydroxylation is 1. The smallest absolute Gasteiger partial charge is 0.331 e. The molecule has 2 amide bonds. The molecule has 1 fully saturated rings. The molecule has 1 aliphatic heterocycles. The molecule has 1 aliphatic rings. The zero-order chi connectivity index (χ0) is 25.9. The lowest BCUT2D eigenvalue weighted by molar-refractivity contribution is -0.137. The maximum absolute atomic E-state index is 14.7. The van der Waals surface area contributed by atoms with Gasteiger partial charge < -0.3 is 10.2 Å². The van der Waals surface area contributed by atoms with Crippen LogP contribution in [-0.2, 0) is 11.0 Å². The van der Waals surface area contributed by atoms with E-state index in [4.69, 9.17) is 0 Å². The first kappa shape index (κ1) is 25.4. The number of amides is 2. The molecule has 0 spiro atoms. The first-order valence-electron chi connectivity index (χ1n) is 11.7. The molecule has 4 rings (SSSR count). The highest BCUT2D eigenvalue weighted by atomic mass is 19.4. The van der Waals surface area contributed by atoms with E-state index in [1.807, 2.05) is 30.3 Å². The molecule has 36 heavy (non-hydrogen) atoms. The largest absolute Gasteiger partial charge is 0.416 e. The molecule has 0 aromatic heterocycles. The van der Waals surface area contributed by atoms with Crippen LogP contribution in [0, 0.1) is 18.7 Å². The molecule has 1 N–H and O–H groups in total. The summed E-state index contributed by atoms with van der Waals surface area (Å²) >= 11 is 0. The van der Waals surface area contributed by atoms with Gasteiger partial charge in [0, 0.05) is 18.7 Å². The lowest BCUT2D eigenvalue weighted by Crippen LogP contribution is -2.44. The van der Waals surface area contributed by atoms with Gasteiger partial charge in [-0.1, -0.05) is 48.5 Å². The van der Waals surface area contributed by atoms with E-state index in [0.29, 0.717) is 24.9 Å². The molecule has 0 aliphatic carbocycles. The van der Waals surface area contributed by atoms with Crippen molar-refractivity contribution in [3.05, 3.63) is 101 Å². The maximum Gasteiger partial charge on any atom is 0.416 e. The summed E-state index contributed by atoms with van der Waals surface area (Å²) in [7, 11) is 0. The lowest BCUT2D eigenvalue weighted by Gasteiger charge is -2.42. The molecule has 2 unspecified atom stereocenters. The van der Waals surface area contributed by atoms with E-state index in [0.717, 1.165) is 17.7 Å². The van der Waals surface area contributed by atoms with Gasteiger partial charge in [0.1, 0.15) is 5.82 Å². The minimum Gasteiger partial charge on any atom is -0.331 e. The normalized spacial score (nSPS) is 18.1. The fourth-order valence-electron chi connectivity index (χ4n) is 4.89. The number of hydrogen-bond acceptors (Lipinski definition) is 2. The van der Waals surface area contributed by atoms with Gasteiger partial charge in [0.25, 0.3) is 5.91 Å². The monoisotopic (exact) mass is 498 g/mol. The molecule has 0 radical (unpaired) electrons. The van der Waals surface area contributed by atoms with Crippen molar-refractivity contribution in [2.45, 2.75) is 38.4 Å². The summed E-state index contributed by atoms with van der Waals surface area (Å²) in [5, 5.41) is 2.57.